The number of carboxylic acids is 3. The number of nitrogens with two attached hydrogens (primary N) is 3. The first kappa shape index (κ1) is 23.5. The summed E-state index contributed by atoms with van der Waals surface area (Å²) in [5, 5.41) is 25.4. The van der Waals surface area contributed by atoms with Crippen molar-refractivity contribution in [2.75, 3.05) is 17.2 Å². The minimum absolute atomic E-state index is 0.155. The maximum absolute atomic E-state index is 10.3. The number of para-hydroxylation sites is 1. The molecule has 0 aliphatic carbocycles. The molecule has 0 aliphatic rings. The highest BCUT2D eigenvalue weighted by molar-refractivity contribution is 5.93. The van der Waals surface area contributed by atoms with Crippen molar-refractivity contribution in [2.45, 2.75) is 0 Å². The predicted molar refractivity (Wildman–Crippen MR) is 113 cm³/mol. The standard InChI is InChI=1S/3C7H7NO2/c8-6-3-1-5(2-4-6)7(9)10;8-6-3-1-2-5(4-6)7(9)10;8-6-4-2-1-3-5(6)7(9)10/h3*1-4H,8H2,(H,9,10). The molecule has 3 aromatic rings. The molecular weight excluding hydrogens is 390 g/mol. The van der Waals surface area contributed by atoms with E-state index in [4.69, 9.17) is 32.5 Å². The number of hydrogen-bond donors (Lipinski definition) is 6. The second-order valence-electron chi connectivity index (χ2n) is 5.75. The van der Waals surface area contributed by atoms with Gasteiger partial charge in [0.1, 0.15) is 0 Å². The van der Waals surface area contributed by atoms with Crippen molar-refractivity contribution in [3.8, 4) is 0 Å². The Bertz CT molecular complexity index is 1020. The third-order valence-corrected chi connectivity index (χ3v) is 3.48. The monoisotopic (exact) mass is 411 g/mol. The minimum Gasteiger partial charge on any atom is -0.478 e. The summed E-state index contributed by atoms with van der Waals surface area (Å²) in [5.74, 6) is -2.87. The van der Waals surface area contributed by atoms with E-state index in [-0.39, 0.29) is 16.7 Å². The summed E-state index contributed by atoms with van der Waals surface area (Å²) in [7, 11) is 0. The Morgan fingerprint density at radius 1 is 0.567 bits per heavy atom. The summed E-state index contributed by atoms with van der Waals surface area (Å²) in [6.07, 6.45) is 0. The number of nitrogen functional groups attached to an aromatic ring is 3. The van der Waals surface area contributed by atoms with Crippen LogP contribution in [0.4, 0.5) is 17.1 Å². The van der Waals surface area contributed by atoms with Crippen molar-refractivity contribution in [1.82, 2.24) is 0 Å². The van der Waals surface area contributed by atoms with Gasteiger partial charge in [0.05, 0.1) is 16.7 Å². The van der Waals surface area contributed by atoms with Crippen molar-refractivity contribution in [2.24, 2.45) is 0 Å². The van der Waals surface area contributed by atoms with Gasteiger partial charge in [-0.1, -0.05) is 18.2 Å². The molecule has 0 aliphatic heterocycles. The zero-order valence-corrected chi connectivity index (χ0v) is 15.7. The fourth-order valence-corrected chi connectivity index (χ4v) is 1.99. The summed E-state index contributed by atoms with van der Waals surface area (Å²) >= 11 is 0. The molecule has 0 saturated carbocycles. The van der Waals surface area contributed by atoms with E-state index in [0.717, 1.165) is 0 Å². The molecule has 156 valence electrons. The van der Waals surface area contributed by atoms with E-state index in [0.29, 0.717) is 17.1 Å². The zero-order chi connectivity index (χ0) is 22.7. The van der Waals surface area contributed by atoms with Crippen molar-refractivity contribution in [1.29, 1.82) is 0 Å². The van der Waals surface area contributed by atoms with Gasteiger partial charge in [0, 0.05) is 17.1 Å². The lowest BCUT2D eigenvalue weighted by Gasteiger charge is -1.96. The Labute approximate surface area is 172 Å². The number of hydrogen-bond acceptors (Lipinski definition) is 6. The smallest absolute Gasteiger partial charge is 0.337 e. The molecular formula is C21H21N3O6. The molecule has 0 bridgehead atoms. The van der Waals surface area contributed by atoms with Crippen LogP contribution < -0.4 is 17.2 Å². The lowest BCUT2D eigenvalue weighted by atomic mass is 10.2. The van der Waals surface area contributed by atoms with Gasteiger partial charge in [-0.3, -0.25) is 0 Å². The Hall–Kier alpha value is -4.53. The number of carboxylic acid groups (broad SMARTS) is 3. The summed E-state index contributed by atoms with van der Waals surface area (Å²) in [6.45, 7) is 0. The zero-order valence-electron chi connectivity index (χ0n) is 15.7. The Morgan fingerprint density at radius 3 is 1.53 bits per heavy atom. The van der Waals surface area contributed by atoms with Gasteiger partial charge in [-0.15, -0.1) is 0 Å². The van der Waals surface area contributed by atoms with E-state index in [2.05, 4.69) is 0 Å². The van der Waals surface area contributed by atoms with Crippen molar-refractivity contribution in [3.63, 3.8) is 0 Å². The molecule has 3 aromatic carbocycles. The molecule has 9 heteroatoms. The molecule has 0 saturated heterocycles. The second kappa shape index (κ2) is 11.3. The van der Waals surface area contributed by atoms with E-state index in [1.165, 1.54) is 30.3 Å². The number of rotatable bonds is 3. The van der Waals surface area contributed by atoms with Gasteiger partial charge in [-0.05, 0) is 54.6 Å². The molecule has 30 heavy (non-hydrogen) atoms. The number of benzene rings is 3. The van der Waals surface area contributed by atoms with Crippen LogP contribution in [-0.2, 0) is 0 Å². The SMILES string of the molecule is Nc1ccc(C(=O)O)cc1.Nc1cccc(C(=O)O)c1.Nc1ccccc1C(=O)O. The van der Waals surface area contributed by atoms with Gasteiger partial charge >= 0.3 is 17.9 Å². The average Bonchev–Trinajstić information content (AvgIpc) is 2.69. The minimum atomic E-state index is -0.988. The van der Waals surface area contributed by atoms with Crippen LogP contribution in [0.5, 0.6) is 0 Å². The van der Waals surface area contributed by atoms with Gasteiger partial charge in [0.15, 0.2) is 0 Å². The highest BCUT2D eigenvalue weighted by Gasteiger charge is 2.04. The van der Waals surface area contributed by atoms with Crippen molar-refractivity contribution in [3.05, 3.63) is 89.5 Å². The Kier molecular flexibility index (Phi) is 8.89. The number of anilines is 3. The van der Waals surface area contributed by atoms with Gasteiger partial charge in [0.25, 0.3) is 0 Å². The van der Waals surface area contributed by atoms with Crippen LogP contribution in [0.2, 0.25) is 0 Å². The fraction of sp³-hybridized carbons (Fsp3) is 0. The highest BCUT2D eigenvalue weighted by atomic mass is 16.4. The molecule has 0 heterocycles. The summed E-state index contributed by atoms with van der Waals surface area (Å²) in [6, 6.07) is 18.6. The van der Waals surface area contributed by atoms with Crippen LogP contribution in [0, 0.1) is 0 Å². The summed E-state index contributed by atoms with van der Waals surface area (Å²) < 4.78 is 0. The van der Waals surface area contributed by atoms with Gasteiger partial charge < -0.3 is 32.5 Å². The van der Waals surface area contributed by atoms with Gasteiger partial charge in [-0.25, -0.2) is 14.4 Å². The second-order valence-corrected chi connectivity index (χ2v) is 5.75. The molecule has 9 N–H and O–H groups in total. The molecule has 0 aromatic heterocycles. The first-order chi connectivity index (χ1) is 14.1. The van der Waals surface area contributed by atoms with E-state index in [1.807, 2.05) is 0 Å². The highest BCUT2D eigenvalue weighted by Crippen LogP contribution is 2.09. The van der Waals surface area contributed by atoms with Crippen molar-refractivity contribution >= 4 is 35.0 Å². The Balaban J connectivity index is 0.000000225. The third-order valence-electron chi connectivity index (χ3n) is 3.48. The van der Waals surface area contributed by atoms with Crippen LogP contribution in [0.1, 0.15) is 31.1 Å². The number of aromatic carboxylic acids is 3. The van der Waals surface area contributed by atoms with E-state index in [1.54, 1.807) is 42.5 Å². The topological polar surface area (TPSA) is 190 Å². The molecule has 0 unspecified atom stereocenters. The molecule has 0 spiro atoms. The van der Waals surface area contributed by atoms with Gasteiger partial charge in [0.2, 0.25) is 0 Å². The van der Waals surface area contributed by atoms with Crippen LogP contribution in [0.25, 0.3) is 0 Å². The normalized spacial score (nSPS) is 9.20. The van der Waals surface area contributed by atoms with E-state index < -0.39 is 17.9 Å². The molecule has 9 nitrogen and oxygen atoms in total. The summed E-state index contributed by atoms with van der Waals surface area (Å²) in [4.78, 5) is 30.9. The summed E-state index contributed by atoms with van der Waals surface area (Å²) in [5.41, 5.74) is 18.0. The molecule has 0 amide bonds. The average molecular weight is 411 g/mol. The quantitative estimate of drug-likeness (QED) is 0.352. The fourth-order valence-electron chi connectivity index (χ4n) is 1.99. The largest absolute Gasteiger partial charge is 0.478 e. The van der Waals surface area contributed by atoms with E-state index in [9.17, 15) is 14.4 Å². The Morgan fingerprint density at radius 2 is 1.13 bits per heavy atom. The molecule has 0 atom stereocenters. The van der Waals surface area contributed by atoms with Crippen LogP contribution >= 0.6 is 0 Å². The third kappa shape index (κ3) is 8.01. The molecule has 0 radical (unpaired) electrons. The van der Waals surface area contributed by atoms with Crippen LogP contribution in [-0.4, -0.2) is 33.2 Å². The first-order valence-corrected chi connectivity index (χ1v) is 8.37. The number of carbonyl (C=O) groups is 3. The van der Waals surface area contributed by atoms with Crippen molar-refractivity contribution < 1.29 is 29.7 Å². The van der Waals surface area contributed by atoms with Gasteiger partial charge in [-0.2, -0.15) is 0 Å². The van der Waals surface area contributed by atoms with Crippen LogP contribution in [0.3, 0.4) is 0 Å². The lowest BCUT2D eigenvalue weighted by molar-refractivity contribution is 0.0686. The molecule has 3 rings (SSSR count). The van der Waals surface area contributed by atoms with E-state index >= 15 is 0 Å². The maximum atomic E-state index is 10.3. The maximum Gasteiger partial charge on any atom is 0.337 e. The first-order valence-electron chi connectivity index (χ1n) is 8.37. The molecule has 0 fully saturated rings. The predicted octanol–water partition coefficient (Wildman–Crippen LogP) is 2.90. The lowest BCUT2D eigenvalue weighted by Crippen LogP contribution is -2.00. The van der Waals surface area contributed by atoms with Crippen LogP contribution in [0.15, 0.2) is 72.8 Å².